The van der Waals surface area contributed by atoms with Gasteiger partial charge in [-0.25, -0.2) is 0 Å². The summed E-state index contributed by atoms with van der Waals surface area (Å²) < 4.78 is 0. The van der Waals surface area contributed by atoms with Crippen LogP contribution in [0.1, 0.15) is 33.4 Å². The Morgan fingerprint density at radius 3 is 0.446 bits per heavy atom. The van der Waals surface area contributed by atoms with Gasteiger partial charge in [-0.05, 0) is 94.2 Å². The van der Waals surface area contributed by atoms with E-state index in [0.29, 0.717) is 0 Å². The first kappa shape index (κ1) is 37.1. The van der Waals surface area contributed by atoms with E-state index in [9.17, 15) is 0 Å². The fourth-order valence-electron chi connectivity index (χ4n) is 8.65. The van der Waals surface area contributed by atoms with E-state index in [-0.39, 0.29) is 0 Å². The van der Waals surface area contributed by atoms with Gasteiger partial charge < -0.3 is 0 Å². The standard InChI is InChI=1S/C54H50Si2/c1-39-7-23-47(24-8-39)55(48-25-9-40(2)10-26-48,49-27-11-41(3)12-28-49)53-35-19-45(20-36-53)46-21-37-54(38-22-46)56(50-29-13-42(4)14-30-50,51-31-15-43(5)16-32-51)52-33-17-44(6)18-34-52/h7-38H,1-6H3. The predicted octanol–water partition coefficient (Wildman–Crippen LogP) is 7.96. The summed E-state index contributed by atoms with van der Waals surface area (Å²) in [7, 11) is -5.29. The lowest BCUT2D eigenvalue weighted by molar-refractivity contribution is 1.47. The largest absolute Gasteiger partial charge is 0.179 e. The van der Waals surface area contributed by atoms with E-state index in [1.54, 1.807) is 0 Å². The van der Waals surface area contributed by atoms with Crippen LogP contribution in [0.25, 0.3) is 11.1 Å². The minimum Gasteiger partial charge on any atom is -0.0616 e. The van der Waals surface area contributed by atoms with E-state index in [2.05, 4.69) is 236 Å². The van der Waals surface area contributed by atoms with E-state index >= 15 is 0 Å². The molecule has 0 N–H and O–H groups in total. The van der Waals surface area contributed by atoms with Crippen LogP contribution in [0.15, 0.2) is 194 Å². The van der Waals surface area contributed by atoms with Crippen LogP contribution in [0.5, 0.6) is 0 Å². The molecular weight excluding hydrogens is 705 g/mol. The number of hydrogen-bond acceptors (Lipinski definition) is 0. The second-order valence-corrected chi connectivity index (χ2v) is 23.5. The number of aryl methyl sites for hydroxylation is 6. The molecule has 8 aromatic rings. The van der Waals surface area contributed by atoms with Crippen molar-refractivity contribution in [3.63, 3.8) is 0 Å². The molecule has 0 aromatic heterocycles. The molecular formula is C54H50Si2. The fraction of sp³-hybridized carbons (Fsp3) is 0.111. The fourth-order valence-corrected chi connectivity index (χ4v) is 18.0. The Morgan fingerprint density at radius 2 is 0.304 bits per heavy atom. The highest BCUT2D eigenvalue weighted by atomic mass is 28.3. The Balaban J connectivity index is 1.27. The molecule has 0 aliphatic carbocycles. The average molecular weight is 755 g/mol. The Bertz CT molecular complexity index is 2140. The van der Waals surface area contributed by atoms with Crippen LogP contribution >= 0.6 is 0 Å². The SMILES string of the molecule is Cc1ccc([Si](c2ccc(C)cc2)(c2ccc(C)cc2)c2ccc(-c3ccc([Si](c4ccc(C)cc4)(c4ccc(C)cc4)c4ccc(C)cc4)cc3)cc2)cc1. The third-order valence-electron chi connectivity index (χ3n) is 11.9. The van der Waals surface area contributed by atoms with Gasteiger partial charge in [0.05, 0.1) is 0 Å². The van der Waals surface area contributed by atoms with Gasteiger partial charge in [-0.1, -0.05) is 228 Å². The van der Waals surface area contributed by atoms with Gasteiger partial charge in [0.2, 0.25) is 0 Å². The highest BCUT2D eigenvalue weighted by molar-refractivity contribution is 7.20. The Labute approximate surface area is 336 Å². The molecule has 0 saturated heterocycles. The summed E-state index contributed by atoms with van der Waals surface area (Å²) in [5, 5.41) is 11.2. The highest BCUT2D eigenvalue weighted by Gasteiger charge is 2.43. The summed E-state index contributed by atoms with van der Waals surface area (Å²) in [4.78, 5) is 0. The van der Waals surface area contributed by atoms with Crippen molar-refractivity contribution in [1.82, 2.24) is 0 Å². The normalized spacial score (nSPS) is 11.8. The van der Waals surface area contributed by atoms with Crippen molar-refractivity contribution in [2.45, 2.75) is 41.5 Å². The van der Waals surface area contributed by atoms with E-state index < -0.39 is 16.1 Å². The maximum atomic E-state index is 2.42. The molecule has 0 radical (unpaired) electrons. The molecule has 8 rings (SSSR count). The highest BCUT2D eigenvalue weighted by Crippen LogP contribution is 2.21. The van der Waals surface area contributed by atoms with E-state index in [1.807, 2.05) is 0 Å². The van der Waals surface area contributed by atoms with Crippen molar-refractivity contribution in [3.05, 3.63) is 228 Å². The monoisotopic (exact) mass is 754 g/mol. The lowest BCUT2D eigenvalue weighted by atomic mass is 10.1. The minimum absolute atomic E-state index is 1.23. The summed E-state index contributed by atoms with van der Waals surface area (Å²) in [6.45, 7) is 13.1. The summed E-state index contributed by atoms with van der Waals surface area (Å²) in [5.41, 5.74) is 10.1. The van der Waals surface area contributed by atoms with Crippen molar-refractivity contribution >= 4 is 57.6 Å². The van der Waals surface area contributed by atoms with Gasteiger partial charge in [0.25, 0.3) is 0 Å². The molecule has 0 amide bonds. The molecule has 0 fully saturated rings. The second-order valence-electron chi connectivity index (χ2n) is 15.9. The molecule has 56 heavy (non-hydrogen) atoms. The Morgan fingerprint density at radius 1 is 0.179 bits per heavy atom. The molecule has 2 heteroatoms. The van der Waals surface area contributed by atoms with Gasteiger partial charge >= 0.3 is 0 Å². The zero-order valence-electron chi connectivity index (χ0n) is 33.5. The minimum atomic E-state index is -2.65. The van der Waals surface area contributed by atoms with Crippen LogP contribution in [0.4, 0.5) is 0 Å². The number of hydrogen-bond donors (Lipinski definition) is 0. The van der Waals surface area contributed by atoms with Gasteiger partial charge in [-0.3, -0.25) is 0 Å². The zero-order valence-corrected chi connectivity index (χ0v) is 35.5. The molecule has 274 valence electrons. The molecule has 0 nitrogen and oxygen atoms in total. The smallest absolute Gasteiger partial charge is 0.0616 e. The lowest BCUT2D eigenvalue weighted by Gasteiger charge is -2.35. The summed E-state index contributed by atoms with van der Waals surface area (Å²) in [6, 6.07) is 74.9. The topological polar surface area (TPSA) is 0 Å². The molecule has 0 atom stereocenters. The van der Waals surface area contributed by atoms with Crippen LogP contribution in [-0.4, -0.2) is 16.1 Å². The average Bonchev–Trinajstić information content (AvgIpc) is 3.22. The zero-order chi connectivity index (χ0) is 38.9. The molecule has 0 aliphatic heterocycles. The van der Waals surface area contributed by atoms with Crippen LogP contribution in [-0.2, 0) is 0 Å². The van der Waals surface area contributed by atoms with Crippen molar-refractivity contribution in [2.75, 3.05) is 0 Å². The van der Waals surface area contributed by atoms with Crippen molar-refractivity contribution in [3.8, 4) is 11.1 Å². The first-order valence-corrected chi connectivity index (χ1v) is 23.8. The van der Waals surface area contributed by atoms with Crippen LogP contribution in [0.3, 0.4) is 0 Å². The third-order valence-corrected chi connectivity index (χ3v) is 21.5. The quantitative estimate of drug-likeness (QED) is 0.104. The summed E-state index contributed by atoms with van der Waals surface area (Å²) in [5.74, 6) is 0. The number of benzene rings is 8. The Hall–Kier alpha value is -5.81. The molecule has 0 heterocycles. The van der Waals surface area contributed by atoms with Gasteiger partial charge in [0, 0.05) is 0 Å². The first-order chi connectivity index (χ1) is 27.2. The molecule has 0 saturated carbocycles. The van der Waals surface area contributed by atoms with Crippen molar-refractivity contribution < 1.29 is 0 Å². The summed E-state index contributed by atoms with van der Waals surface area (Å²) in [6.07, 6.45) is 0. The maximum Gasteiger partial charge on any atom is 0.179 e. The second kappa shape index (κ2) is 15.4. The van der Waals surface area contributed by atoms with Crippen LogP contribution < -0.4 is 41.5 Å². The summed E-state index contributed by atoms with van der Waals surface area (Å²) >= 11 is 0. The van der Waals surface area contributed by atoms with Crippen LogP contribution in [0.2, 0.25) is 0 Å². The predicted molar refractivity (Wildman–Crippen MR) is 248 cm³/mol. The third kappa shape index (κ3) is 6.74. The van der Waals surface area contributed by atoms with Crippen molar-refractivity contribution in [2.24, 2.45) is 0 Å². The van der Waals surface area contributed by atoms with Gasteiger partial charge in [-0.2, -0.15) is 0 Å². The van der Waals surface area contributed by atoms with Gasteiger partial charge in [0.15, 0.2) is 16.1 Å². The van der Waals surface area contributed by atoms with E-state index in [0.717, 1.165) is 0 Å². The van der Waals surface area contributed by atoms with Crippen LogP contribution in [0, 0.1) is 41.5 Å². The van der Waals surface area contributed by atoms with Crippen molar-refractivity contribution in [1.29, 1.82) is 0 Å². The van der Waals surface area contributed by atoms with E-state index in [4.69, 9.17) is 0 Å². The molecule has 0 unspecified atom stereocenters. The first-order valence-electron chi connectivity index (χ1n) is 19.8. The van der Waals surface area contributed by atoms with Gasteiger partial charge in [0.1, 0.15) is 0 Å². The van der Waals surface area contributed by atoms with E-state index in [1.165, 1.54) is 86.0 Å². The maximum absolute atomic E-state index is 2.65. The lowest BCUT2D eigenvalue weighted by Crippen LogP contribution is -2.74. The van der Waals surface area contributed by atoms with Gasteiger partial charge in [-0.15, -0.1) is 0 Å². The molecule has 0 aliphatic rings. The molecule has 0 spiro atoms. The molecule has 8 aromatic carbocycles. The molecule has 0 bridgehead atoms. The Kier molecular flexibility index (Phi) is 10.2. The number of rotatable bonds is 9.